The van der Waals surface area contributed by atoms with Gasteiger partial charge in [0.2, 0.25) is 0 Å². The zero-order valence-corrected chi connectivity index (χ0v) is 11.7. The lowest BCUT2D eigenvalue weighted by molar-refractivity contribution is 0.0784. The highest BCUT2D eigenvalue weighted by Gasteiger charge is 2.30. The summed E-state index contributed by atoms with van der Waals surface area (Å²) in [5.41, 5.74) is 1.46. The van der Waals surface area contributed by atoms with Crippen molar-refractivity contribution in [2.75, 3.05) is 13.1 Å². The maximum absolute atomic E-state index is 12.3. The fourth-order valence-electron chi connectivity index (χ4n) is 2.51. The Balaban J connectivity index is 1.72. The second kappa shape index (κ2) is 5.03. The van der Waals surface area contributed by atoms with Crippen LogP contribution < -0.4 is 0 Å². The first-order chi connectivity index (χ1) is 9.63. The van der Waals surface area contributed by atoms with Crippen LogP contribution in [-0.4, -0.2) is 43.6 Å². The van der Waals surface area contributed by atoms with Crippen LogP contribution in [0.25, 0.3) is 0 Å². The summed E-state index contributed by atoms with van der Waals surface area (Å²) >= 11 is 0. The van der Waals surface area contributed by atoms with Crippen LogP contribution in [0.2, 0.25) is 0 Å². The van der Waals surface area contributed by atoms with Crippen molar-refractivity contribution in [1.29, 1.82) is 0 Å². The maximum Gasteiger partial charge on any atom is 0.274 e. The molecule has 1 aliphatic rings. The van der Waals surface area contributed by atoms with Crippen molar-refractivity contribution in [2.24, 2.45) is 7.05 Å². The van der Waals surface area contributed by atoms with Crippen molar-refractivity contribution in [2.45, 2.75) is 19.3 Å². The summed E-state index contributed by atoms with van der Waals surface area (Å²) in [6.45, 7) is 3.35. The molecule has 0 aliphatic carbocycles. The van der Waals surface area contributed by atoms with Crippen molar-refractivity contribution < 1.29 is 4.79 Å². The van der Waals surface area contributed by atoms with Crippen LogP contribution in [0.15, 0.2) is 24.5 Å². The van der Waals surface area contributed by atoms with Crippen molar-refractivity contribution in [3.63, 3.8) is 0 Å². The van der Waals surface area contributed by atoms with Gasteiger partial charge >= 0.3 is 0 Å². The van der Waals surface area contributed by atoms with E-state index in [1.165, 1.54) is 0 Å². The molecule has 6 nitrogen and oxygen atoms in total. The van der Waals surface area contributed by atoms with Crippen LogP contribution in [0.1, 0.15) is 34.3 Å². The fourth-order valence-corrected chi connectivity index (χ4v) is 2.51. The number of likely N-dealkylation sites (tertiary alicyclic amines) is 1. The minimum absolute atomic E-state index is 0.0132. The van der Waals surface area contributed by atoms with Gasteiger partial charge in [-0.05, 0) is 25.5 Å². The standard InChI is InChI=1S/C14H17N5O/c1-10-3-6-15-13(16-10)11-4-8-19(9-11)14(20)12-5-7-18(2)17-12/h3,5-7,11H,4,8-9H2,1-2H3. The number of aromatic nitrogens is 4. The highest BCUT2D eigenvalue weighted by molar-refractivity contribution is 5.92. The molecule has 0 aromatic carbocycles. The van der Waals surface area contributed by atoms with Crippen molar-refractivity contribution in [3.8, 4) is 0 Å². The molecule has 3 heterocycles. The summed E-state index contributed by atoms with van der Waals surface area (Å²) in [5.74, 6) is 1.05. The van der Waals surface area contributed by atoms with E-state index in [-0.39, 0.29) is 11.8 Å². The van der Waals surface area contributed by atoms with Crippen LogP contribution in [0.3, 0.4) is 0 Å². The first-order valence-corrected chi connectivity index (χ1v) is 6.72. The van der Waals surface area contributed by atoms with Gasteiger partial charge < -0.3 is 4.90 Å². The fraction of sp³-hybridized carbons (Fsp3) is 0.429. The Bertz CT molecular complexity index is 636. The van der Waals surface area contributed by atoms with Gasteiger partial charge in [0, 0.05) is 44.1 Å². The lowest BCUT2D eigenvalue weighted by Crippen LogP contribution is -2.29. The summed E-state index contributed by atoms with van der Waals surface area (Å²) in [6, 6.07) is 3.63. The van der Waals surface area contributed by atoms with Crippen LogP contribution in [0.4, 0.5) is 0 Å². The Morgan fingerprint density at radius 1 is 1.40 bits per heavy atom. The van der Waals surface area contributed by atoms with Gasteiger partial charge in [0.05, 0.1) is 0 Å². The van der Waals surface area contributed by atoms with E-state index >= 15 is 0 Å². The van der Waals surface area contributed by atoms with E-state index < -0.39 is 0 Å². The highest BCUT2D eigenvalue weighted by Crippen LogP contribution is 2.25. The normalized spacial score (nSPS) is 18.5. The van der Waals surface area contributed by atoms with E-state index in [0.29, 0.717) is 12.2 Å². The van der Waals surface area contributed by atoms with Gasteiger partial charge in [-0.1, -0.05) is 0 Å². The lowest BCUT2D eigenvalue weighted by Gasteiger charge is -2.14. The SMILES string of the molecule is Cc1ccnc(C2CCN(C(=O)c3ccn(C)n3)C2)n1. The zero-order valence-electron chi connectivity index (χ0n) is 11.7. The molecule has 1 amide bonds. The summed E-state index contributed by atoms with van der Waals surface area (Å²) < 4.78 is 1.64. The summed E-state index contributed by atoms with van der Waals surface area (Å²) in [6.07, 6.45) is 4.47. The van der Waals surface area contributed by atoms with Gasteiger partial charge in [-0.25, -0.2) is 9.97 Å². The Labute approximate surface area is 117 Å². The van der Waals surface area contributed by atoms with Crippen LogP contribution in [0, 0.1) is 6.92 Å². The Hall–Kier alpha value is -2.24. The Morgan fingerprint density at radius 3 is 2.95 bits per heavy atom. The van der Waals surface area contributed by atoms with Gasteiger partial charge in [-0.2, -0.15) is 5.10 Å². The molecule has 0 radical (unpaired) electrons. The van der Waals surface area contributed by atoms with Crippen molar-refractivity contribution >= 4 is 5.91 Å². The molecule has 1 aliphatic heterocycles. The van der Waals surface area contributed by atoms with E-state index in [1.54, 1.807) is 23.1 Å². The van der Waals surface area contributed by atoms with Gasteiger partial charge in [0.25, 0.3) is 5.91 Å². The quantitative estimate of drug-likeness (QED) is 0.822. The highest BCUT2D eigenvalue weighted by atomic mass is 16.2. The third-order valence-electron chi connectivity index (χ3n) is 3.59. The largest absolute Gasteiger partial charge is 0.336 e. The predicted octanol–water partition coefficient (Wildman–Crippen LogP) is 1.15. The molecule has 1 fully saturated rings. The molecule has 1 saturated heterocycles. The van der Waals surface area contributed by atoms with Gasteiger partial charge in [0.1, 0.15) is 11.5 Å². The van der Waals surface area contributed by atoms with Gasteiger partial charge in [-0.3, -0.25) is 9.48 Å². The van der Waals surface area contributed by atoms with E-state index in [1.807, 2.05) is 24.9 Å². The second-order valence-electron chi connectivity index (χ2n) is 5.17. The van der Waals surface area contributed by atoms with E-state index in [0.717, 1.165) is 24.5 Å². The van der Waals surface area contributed by atoms with Crippen LogP contribution >= 0.6 is 0 Å². The molecule has 2 aromatic rings. The van der Waals surface area contributed by atoms with Crippen molar-refractivity contribution in [3.05, 3.63) is 41.7 Å². The third-order valence-corrected chi connectivity index (χ3v) is 3.59. The molecule has 3 rings (SSSR count). The average Bonchev–Trinajstić information content (AvgIpc) is 3.07. The number of aryl methyl sites for hydroxylation is 2. The molecule has 1 unspecified atom stereocenters. The third kappa shape index (κ3) is 2.41. The molecule has 1 atom stereocenters. The first kappa shape index (κ1) is 12.8. The summed E-state index contributed by atoms with van der Waals surface area (Å²) in [7, 11) is 1.81. The Morgan fingerprint density at radius 2 is 2.25 bits per heavy atom. The molecular weight excluding hydrogens is 254 g/mol. The van der Waals surface area contributed by atoms with E-state index in [2.05, 4.69) is 15.1 Å². The van der Waals surface area contributed by atoms with E-state index in [9.17, 15) is 4.79 Å². The minimum atomic E-state index is -0.0132. The van der Waals surface area contributed by atoms with Gasteiger partial charge in [0.15, 0.2) is 0 Å². The molecule has 6 heteroatoms. The monoisotopic (exact) mass is 271 g/mol. The lowest BCUT2D eigenvalue weighted by atomic mass is 10.1. The summed E-state index contributed by atoms with van der Waals surface area (Å²) in [5, 5.41) is 4.16. The molecule has 0 saturated carbocycles. The number of carbonyl (C=O) groups is 1. The molecule has 104 valence electrons. The molecule has 0 bridgehead atoms. The Kier molecular flexibility index (Phi) is 3.22. The average molecular weight is 271 g/mol. The number of rotatable bonds is 2. The number of amides is 1. The zero-order chi connectivity index (χ0) is 14.1. The van der Waals surface area contributed by atoms with Crippen LogP contribution in [0.5, 0.6) is 0 Å². The summed E-state index contributed by atoms with van der Waals surface area (Å²) in [4.78, 5) is 22.9. The number of hydrogen-bond donors (Lipinski definition) is 0. The number of hydrogen-bond acceptors (Lipinski definition) is 4. The van der Waals surface area contributed by atoms with E-state index in [4.69, 9.17) is 0 Å². The minimum Gasteiger partial charge on any atom is -0.336 e. The van der Waals surface area contributed by atoms with Gasteiger partial charge in [-0.15, -0.1) is 0 Å². The number of carbonyl (C=O) groups excluding carboxylic acids is 1. The first-order valence-electron chi connectivity index (χ1n) is 6.72. The molecule has 2 aromatic heterocycles. The van der Waals surface area contributed by atoms with Crippen molar-refractivity contribution in [1.82, 2.24) is 24.6 Å². The number of nitrogens with zero attached hydrogens (tertiary/aromatic N) is 5. The smallest absolute Gasteiger partial charge is 0.274 e. The predicted molar refractivity (Wildman–Crippen MR) is 73.2 cm³/mol. The topological polar surface area (TPSA) is 63.9 Å². The molecule has 0 spiro atoms. The molecular formula is C14H17N5O. The maximum atomic E-state index is 12.3. The van der Waals surface area contributed by atoms with Crippen LogP contribution in [-0.2, 0) is 7.05 Å². The second-order valence-corrected chi connectivity index (χ2v) is 5.17. The molecule has 20 heavy (non-hydrogen) atoms. The molecule has 0 N–H and O–H groups in total.